The lowest BCUT2D eigenvalue weighted by Gasteiger charge is -2.39. The Kier molecular flexibility index (Phi) is 4.55. The minimum Gasteiger partial charge on any atom is -0.465 e. The van der Waals surface area contributed by atoms with Crippen molar-refractivity contribution >= 4 is 28.1 Å². The predicted molar refractivity (Wildman–Crippen MR) is 78.0 cm³/mol. The molecule has 0 aliphatic heterocycles. The largest absolute Gasteiger partial charge is 0.465 e. The number of amides is 4. The zero-order valence-electron chi connectivity index (χ0n) is 11.9. The van der Waals surface area contributed by atoms with Crippen LogP contribution in [0.5, 0.6) is 0 Å². The molecule has 23 heavy (non-hydrogen) atoms. The number of carbonyl (C=O) groups is 3. The van der Waals surface area contributed by atoms with Gasteiger partial charge in [-0.1, -0.05) is 18.2 Å². The molecular formula is C13H15N3O6S. The van der Waals surface area contributed by atoms with E-state index in [1.54, 1.807) is 10.8 Å². The highest BCUT2D eigenvalue weighted by atomic mass is 32.2. The van der Waals surface area contributed by atoms with E-state index in [2.05, 4.69) is 5.32 Å². The van der Waals surface area contributed by atoms with Crippen LogP contribution in [0.1, 0.15) is 19.3 Å². The summed E-state index contributed by atoms with van der Waals surface area (Å²) in [6.07, 6.45) is -0.289. The van der Waals surface area contributed by atoms with E-state index in [0.717, 1.165) is 0 Å². The van der Waals surface area contributed by atoms with Crippen molar-refractivity contribution in [2.24, 2.45) is 0 Å². The Labute approximate surface area is 132 Å². The van der Waals surface area contributed by atoms with Gasteiger partial charge < -0.3 is 10.4 Å². The molecule has 9 nitrogen and oxygen atoms in total. The molecular weight excluding hydrogens is 326 g/mol. The molecule has 0 heterocycles. The maximum Gasteiger partial charge on any atom is 0.405 e. The van der Waals surface area contributed by atoms with E-state index in [1.807, 2.05) is 5.32 Å². The van der Waals surface area contributed by atoms with Crippen molar-refractivity contribution in [1.82, 2.24) is 15.4 Å². The number of carboxylic acid groups (broad SMARTS) is 1. The maximum absolute atomic E-state index is 12.0. The third-order valence-corrected chi connectivity index (χ3v) is 4.84. The number of hydrogen-bond acceptors (Lipinski definition) is 5. The first-order valence-electron chi connectivity index (χ1n) is 6.70. The van der Waals surface area contributed by atoms with Crippen molar-refractivity contribution in [2.75, 3.05) is 0 Å². The summed E-state index contributed by atoms with van der Waals surface area (Å²) < 4.78 is 25.6. The first-order chi connectivity index (χ1) is 10.8. The van der Waals surface area contributed by atoms with Gasteiger partial charge in [0, 0.05) is 0 Å². The quantitative estimate of drug-likeness (QED) is 0.624. The van der Waals surface area contributed by atoms with Gasteiger partial charge >= 0.3 is 12.1 Å². The Morgan fingerprint density at radius 1 is 1.09 bits per heavy atom. The van der Waals surface area contributed by atoms with Gasteiger partial charge in [0.1, 0.15) is 5.54 Å². The van der Waals surface area contributed by atoms with E-state index in [9.17, 15) is 22.8 Å². The topological polar surface area (TPSA) is 142 Å². The van der Waals surface area contributed by atoms with Gasteiger partial charge in [0.25, 0.3) is 15.9 Å². The number of imide groups is 1. The van der Waals surface area contributed by atoms with Crippen LogP contribution in [0.15, 0.2) is 35.2 Å². The van der Waals surface area contributed by atoms with E-state index in [0.29, 0.717) is 6.42 Å². The van der Waals surface area contributed by atoms with Crippen LogP contribution >= 0.6 is 0 Å². The zero-order chi connectivity index (χ0) is 17.1. The number of urea groups is 1. The number of rotatable bonds is 4. The van der Waals surface area contributed by atoms with Gasteiger partial charge in [-0.25, -0.2) is 22.7 Å². The minimum atomic E-state index is -4.11. The number of carbonyl (C=O) groups excluding carboxylic acids is 2. The second-order valence-electron chi connectivity index (χ2n) is 5.07. The SMILES string of the molecule is O=C(O)NC1(C(=O)NC(=O)NS(=O)(=O)c2ccccc2)CCC1. The third-order valence-electron chi connectivity index (χ3n) is 3.50. The molecule has 1 aliphatic carbocycles. The lowest BCUT2D eigenvalue weighted by atomic mass is 9.76. The summed E-state index contributed by atoms with van der Waals surface area (Å²) in [5.41, 5.74) is -1.39. The standard InChI is InChI=1S/C13H15N3O6S/c17-10(13(7-4-8-13)15-12(19)20)14-11(18)16-23(21,22)9-5-2-1-3-6-9/h1-3,5-6,15H,4,7-8H2,(H,19,20)(H2,14,16,17,18). The van der Waals surface area contributed by atoms with Crippen molar-refractivity contribution in [3.63, 3.8) is 0 Å². The highest BCUT2D eigenvalue weighted by Gasteiger charge is 2.46. The van der Waals surface area contributed by atoms with Crippen molar-refractivity contribution in [2.45, 2.75) is 29.7 Å². The third kappa shape index (κ3) is 3.77. The summed E-state index contributed by atoms with van der Waals surface area (Å²) in [4.78, 5) is 34.3. The fourth-order valence-corrected chi connectivity index (χ4v) is 3.10. The van der Waals surface area contributed by atoms with Crippen molar-refractivity contribution in [1.29, 1.82) is 0 Å². The molecule has 4 amide bonds. The molecule has 1 aromatic carbocycles. The lowest BCUT2D eigenvalue weighted by molar-refractivity contribution is -0.129. The first kappa shape index (κ1) is 16.7. The van der Waals surface area contributed by atoms with Gasteiger partial charge in [0.2, 0.25) is 0 Å². The van der Waals surface area contributed by atoms with Crippen LogP contribution in [-0.4, -0.2) is 37.1 Å². The minimum absolute atomic E-state index is 0.135. The smallest absolute Gasteiger partial charge is 0.405 e. The average Bonchev–Trinajstić information content (AvgIpc) is 2.42. The van der Waals surface area contributed by atoms with Gasteiger partial charge in [-0.3, -0.25) is 10.1 Å². The first-order valence-corrected chi connectivity index (χ1v) is 8.18. The normalized spacial score (nSPS) is 15.8. The monoisotopic (exact) mass is 341 g/mol. The number of sulfonamides is 1. The van der Waals surface area contributed by atoms with E-state index in [-0.39, 0.29) is 17.7 Å². The van der Waals surface area contributed by atoms with Crippen LogP contribution in [0.2, 0.25) is 0 Å². The Morgan fingerprint density at radius 3 is 2.17 bits per heavy atom. The summed E-state index contributed by atoms with van der Waals surface area (Å²) in [5, 5.41) is 12.7. The summed E-state index contributed by atoms with van der Waals surface area (Å²) in [5.74, 6) is -0.882. The second-order valence-corrected chi connectivity index (χ2v) is 6.75. The number of benzene rings is 1. The molecule has 10 heteroatoms. The fourth-order valence-electron chi connectivity index (χ4n) is 2.17. The van der Waals surface area contributed by atoms with Gasteiger partial charge in [0.05, 0.1) is 4.90 Å². The Morgan fingerprint density at radius 2 is 1.70 bits per heavy atom. The van der Waals surface area contributed by atoms with Crippen LogP contribution < -0.4 is 15.4 Å². The molecule has 4 N–H and O–H groups in total. The molecule has 0 bridgehead atoms. The Bertz CT molecular complexity index is 727. The molecule has 1 aromatic rings. The Hall–Kier alpha value is -2.62. The van der Waals surface area contributed by atoms with Crippen LogP contribution in [0.3, 0.4) is 0 Å². The second kappa shape index (κ2) is 6.24. The summed E-state index contributed by atoms with van der Waals surface area (Å²) in [6, 6.07) is 5.92. The van der Waals surface area contributed by atoms with E-state index >= 15 is 0 Å². The van der Waals surface area contributed by atoms with Crippen molar-refractivity contribution < 1.29 is 27.9 Å². The van der Waals surface area contributed by atoms with E-state index in [1.165, 1.54) is 24.3 Å². The molecule has 0 saturated heterocycles. The van der Waals surface area contributed by atoms with E-state index < -0.39 is 33.6 Å². The lowest BCUT2D eigenvalue weighted by Crippen LogP contribution is -2.64. The molecule has 124 valence electrons. The summed E-state index contributed by atoms with van der Waals surface area (Å²) >= 11 is 0. The molecule has 0 aromatic heterocycles. The van der Waals surface area contributed by atoms with Gasteiger partial charge in [-0.2, -0.15) is 0 Å². The van der Waals surface area contributed by atoms with Gasteiger partial charge in [0.15, 0.2) is 0 Å². The molecule has 0 atom stereocenters. The fraction of sp³-hybridized carbons (Fsp3) is 0.308. The van der Waals surface area contributed by atoms with Crippen LogP contribution in [0.4, 0.5) is 9.59 Å². The average molecular weight is 341 g/mol. The highest BCUT2D eigenvalue weighted by molar-refractivity contribution is 7.90. The molecule has 0 unspecified atom stereocenters. The van der Waals surface area contributed by atoms with Crippen molar-refractivity contribution in [3.8, 4) is 0 Å². The van der Waals surface area contributed by atoms with Crippen molar-refractivity contribution in [3.05, 3.63) is 30.3 Å². The van der Waals surface area contributed by atoms with Gasteiger partial charge in [-0.05, 0) is 31.4 Å². The predicted octanol–water partition coefficient (Wildman–Crippen LogP) is 0.391. The zero-order valence-corrected chi connectivity index (χ0v) is 12.7. The Balaban J connectivity index is 2.02. The van der Waals surface area contributed by atoms with Crippen LogP contribution in [-0.2, 0) is 14.8 Å². The maximum atomic E-state index is 12.0. The number of hydrogen-bond donors (Lipinski definition) is 4. The van der Waals surface area contributed by atoms with Crippen LogP contribution in [0.25, 0.3) is 0 Å². The molecule has 0 radical (unpaired) electrons. The molecule has 2 rings (SSSR count). The van der Waals surface area contributed by atoms with E-state index in [4.69, 9.17) is 5.11 Å². The summed E-state index contributed by atoms with van der Waals surface area (Å²) in [6.45, 7) is 0. The molecule has 1 fully saturated rings. The molecule has 1 saturated carbocycles. The molecule has 0 spiro atoms. The highest BCUT2D eigenvalue weighted by Crippen LogP contribution is 2.31. The molecule has 1 aliphatic rings. The number of nitrogens with one attached hydrogen (secondary N) is 3. The van der Waals surface area contributed by atoms with Crippen LogP contribution in [0, 0.1) is 0 Å². The summed E-state index contributed by atoms with van der Waals surface area (Å²) in [7, 11) is -4.11. The van der Waals surface area contributed by atoms with Gasteiger partial charge in [-0.15, -0.1) is 0 Å².